The number of ether oxygens (including phenoxy) is 1. The smallest absolute Gasteiger partial charge is 0.0599 e. The third-order valence-electron chi connectivity index (χ3n) is 5.62. The van der Waals surface area contributed by atoms with Crippen molar-refractivity contribution in [3.63, 3.8) is 0 Å². The Kier molecular flexibility index (Phi) is 7.48. The van der Waals surface area contributed by atoms with Gasteiger partial charge in [-0.1, -0.05) is 26.7 Å². The van der Waals surface area contributed by atoms with Gasteiger partial charge in [0.25, 0.3) is 0 Å². The average molecular weight is 296 g/mol. The molecule has 2 rings (SSSR count). The molecule has 1 aliphatic carbocycles. The average Bonchev–Trinajstić information content (AvgIpc) is 2.74. The molecule has 2 atom stereocenters. The van der Waals surface area contributed by atoms with Crippen LogP contribution in [-0.4, -0.2) is 43.3 Å². The highest BCUT2D eigenvalue weighted by atomic mass is 16.5. The molecule has 0 aromatic carbocycles. The zero-order chi connectivity index (χ0) is 15.1. The summed E-state index contributed by atoms with van der Waals surface area (Å²) in [6.45, 7) is 8.87. The lowest BCUT2D eigenvalue weighted by Gasteiger charge is -2.37. The minimum absolute atomic E-state index is 0.488. The SMILES string of the molecule is CC(C)C1CCCC(N2CCC(OCCCN)CC2)CC1. The monoisotopic (exact) mass is 296 g/mol. The van der Waals surface area contributed by atoms with Crippen LogP contribution >= 0.6 is 0 Å². The lowest BCUT2D eigenvalue weighted by molar-refractivity contribution is -0.00387. The second-order valence-corrected chi connectivity index (χ2v) is 7.41. The number of hydrogen-bond acceptors (Lipinski definition) is 3. The highest BCUT2D eigenvalue weighted by Crippen LogP contribution is 2.32. The normalized spacial score (nSPS) is 29.7. The predicted octanol–water partition coefficient (Wildman–Crippen LogP) is 3.42. The van der Waals surface area contributed by atoms with Crippen molar-refractivity contribution in [2.24, 2.45) is 17.6 Å². The number of rotatable bonds is 6. The molecule has 0 bridgehead atoms. The lowest BCUT2D eigenvalue weighted by Crippen LogP contribution is -2.43. The van der Waals surface area contributed by atoms with Gasteiger partial charge < -0.3 is 15.4 Å². The van der Waals surface area contributed by atoms with Gasteiger partial charge in [0.2, 0.25) is 0 Å². The fraction of sp³-hybridized carbons (Fsp3) is 1.00. The number of hydrogen-bond donors (Lipinski definition) is 1. The molecule has 1 heterocycles. The largest absolute Gasteiger partial charge is 0.378 e. The number of likely N-dealkylation sites (tertiary alicyclic amines) is 1. The van der Waals surface area contributed by atoms with Gasteiger partial charge in [-0.2, -0.15) is 0 Å². The first kappa shape index (κ1) is 17.2. The summed E-state index contributed by atoms with van der Waals surface area (Å²) in [4.78, 5) is 2.76. The fourth-order valence-electron chi connectivity index (χ4n) is 4.08. The summed E-state index contributed by atoms with van der Waals surface area (Å²) in [5, 5.41) is 0. The van der Waals surface area contributed by atoms with Crippen LogP contribution in [0, 0.1) is 11.8 Å². The molecule has 3 heteroatoms. The second-order valence-electron chi connectivity index (χ2n) is 7.41. The van der Waals surface area contributed by atoms with Crippen LogP contribution in [0.2, 0.25) is 0 Å². The summed E-state index contributed by atoms with van der Waals surface area (Å²) >= 11 is 0. The third kappa shape index (κ3) is 5.54. The van der Waals surface area contributed by atoms with Gasteiger partial charge in [0.1, 0.15) is 0 Å². The molecule has 21 heavy (non-hydrogen) atoms. The molecule has 2 unspecified atom stereocenters. The highest BCUT2D eigenvalue weighted by molar-refractivity contribution is 4.82. The van der Waals surface area contributed by atoms with E-state index in [0.29, 0.717) is 6.10 Å². The Morgan fingerprint density at radius 3 is 2.48 bits per heavy atom. The van der Waals surface area contributed by atoms with Crippen molar-refractivity contribution in [1.82, 2.24) is 4.90 Å². The molecule has 0 aromatic heterocycles. The Bertz CT molecular complexity index is 274. The Balaban J connectivity index is 1.69. The molecular formula is C18H36N2O. The van der Waals surface area contributed by atoms with Crippen molar-refractivity contribution in [2.45, 2.75) is 77.4 Å². The molecule has 0 amide bonds. The molecule has 3 nitrogen and oxygen atoms in total. The zero-order valence-electron chi connectivity index (χ0n) is 14.2. The van der Waals surface area contributed by atoms with Gasteiger partial charge in [0.15, 0.2) is 0 Å². The molecule has 0 spiro atoms. The van der Waals surface area contributed by atoms with Crippen LogP contribution < -0.4 is 5.73 Å². The van der Waals surface area contributed by atoms with Crippen molar-refractivity contribution in [1.29, 1.82) is 0 Å². The Morgan fingerprint density at radius 1 is 1.05 bits per heavy atom. The molecule has 2 aliphatic rings. The standard InChI is InChI=1S/C18H36N2O/c1-15(2)16-5-3-6-17(8-7-16)20-12-9-18(10-13-20)21-14-4-11-19/h15-18H,3-14,19H2,1-2H3. The first-order valence-electron chi connectivity index (χ1n) is 9.26. The molecule has 1 saturated heterocycles. The van der Waals surface area contributed by atoms with Crippen molar-refractivity contribution in [3.05, 3.63) is 0 Å². The summed E-state index contributed by atoms with van der Waals surface area (Å²) < 4.78 is 5.93. The Morgan fingerprint density at radius 2 is 1.81 bits per heavy atom. The number of nitrogens with zero attached hydrogens (tertiary/aromatic N) is 1. The molecule has 2 N–H and O–H groups in total. The summed E-state index contributed by atoms with van der Waals surface area (Å²) in [5.41, 5.74) is 5.52. The van der Waals surface area contributed by atoms with E-state index in [1.54, 1.807) is 0 Å². The number of piperidine rings is 1. The minimum atomic E-state index is 0.488. The second kappa shape index (κ2) is 9.12. The van der Waals surface area contributed by atoms with Gasteiger partial charge in [0.05, 0.1) is 6.10 Å². The van der Waals surface area contributed by atoms with E-state index in [1.807, 2.05) is 0 Å². The van der Waals surface area contributed by atoms with E-state index in [4.69, 9.17) is 10.5 Å². The van der Waals surface area contributed by atoms with Crippen LogP contribution in [0.1, 0.15) is 65.2 Å². The van der Waals surface area contributed by atoms with Crippen LogP contribution in [0.25, 0.3) is 0 Å². The molecule has 124 valence electrons. The van der Waals surface area contributed by atoms with Crippen molar-refractivity contribution >= 4 is 0 Å². The maximum Gasteiger partial charge on any atom is 0.0599 e. The van der Waals surface area contributed by atoms with Crippen molar-refractivity contribution in [3.8, 4) is 0 Å². The first-order valence-corrected chi connectivity index (χ1v) is 9.26. The maximum absolute atomic E-state index is 5.93. The van der Waals surface area contributed by atoms with Gasteiger partial charge in [-0.25, -0.2) is 0 Å². The van der Waals surface area contributed by atoms with E-state index < -0.39 is 0 Å². The topological polar surface area (TPSA) is 38.5 Å². The van der Waals surface area contributed by atoms with Crippen molar-refractivity contribution < 1.29 is 4.74 Å². The van der Waals surface area contributed by atoms with Gasteiger partial charge in [-0.15, -0.1) is 0 Å². The number of nitrogens with two attached hydrogens (primary N) is 1. The molecule has 2 fully saturated rings. The molecule has 1 aliphatic heterocycles. The van der Waals surface area contributed by atoms with E-state index in [9.17, 15) is 0 Å². The van der Waals surface area contributed by atoms with Crippen LogP contribution in [0.3, 0.4) is 0 Å². The van der Waals surface area contributed by atoms with E-state index >= 15 is 0 Å². The van der Waals surface area contributed by atoms with E-state index in [2.05, 4.69) is 18.7 Å². The Hall–Kier alpha value is -0.120. The van der Waals surface area contributed by atoms with E-state index in [0.717, 1.165) is 37.5 Å². The van der Waals surface area contributed by atoms with E-state index in [-0.39, 0.29) is 0 Å². The van der Waals surface area contributed by atoms with Crippen LogP contribution in [0.4, 0.5) is 0 Å². The summed E-state index contributed by atoms with van der Waals surface area (Å²) in [7, 11) is 0. The highest BCUT2D eigenvalue weighted by Gasteiger charge is 2.28. The maximum atomic E-state index is 5.93. The molecule has 1 saturated carbocycles. The zero-order valence-corrected chi connectivity index (χ0v) is 14.2. The first-order chi connectivity index (χ1) is 10.2. The van der Waals surface area contributed by atoms with Crippen LogP contribution in [0.15, 0.2) is 0 Å². The summed E-state index contributed by atoms with van der Waals surface area (Å²) in [6.07, 6.45) is 11.1. The predicted molar refractivity (Wildman–Crippen MR) is 89.4 cm³/mol. The molecule has 0 radical (unpaired) electrons. The molecular weight excluding hydrogens is 260 g/mol. The van der Waals surface area contributed by atoms with Gasteiger partial charge in [-0.05, 0) is 56.9 Å². The minimum Gasteiger partial charge on any atom is -0.378 e. The lowest BCUT2D eigenvalue weighted by atomic mass is 9.89. The summed E-state index contributed by atoms with van der Waals surface area (Å²) in [5.74, 6) is 1.83. The fourth-order valence-corrected chi connectivity index (χ4v) is 4.08. The van der Waals surface area contributed by atoms with Crippen LogP contribution in [0.5, 0.6) is 0 Å². The van der Waals surface area contributed by atoms with Gasteiger partial charge >= 0.3 is 0 Å². The van der Waals surface area contributed by atoms with Crippen molar-refractivity contribution in [2.75, 3.05) is 26.2 Å². The quantitative estimate of drug-likeness (QED) is 0.603. The molecule has 0 aromatic rings. The van der Waals surface area contributed by atoms with Crippen LogP contribution in [-0.2, 0) is 4.74 Å². The summed E-state index contributed by atoms with van der Waals surface area (Å²) in [6, 6.07) is 0.846. The Labute approximate surface area is 131 Å². The van der Waals surface area contributed by atoms with Gasteiger partial charge in [-0.3, -0.25) is 0 Å². The van der Waals surface area contributed by atoms with Gasteiger partial charge in [0, 0.05) is 25.7 Å². The third-order valence-corrected chi connectivity index (χ3v) is 5.62. The van der Waals surface area contributed by atoms with E-state index in [1.165, 1.54) is 58.0 Å².